The molecule has 33 heavy (non-hydrogen) atoms. The molecule has 4 aliphatic rings. The number of fused-ring (bicyclic) bond motifs is 1. The molecule has 0 saturated heterocycles. The van der Waals surface area contributed by atoms with Gasteiger partial charge in [-0.15, -0.1) is 0 Å². The molecule has 2 fully saturated rings. The molecule has 0 unspecified atom stereocenters. The van der Waals surface area contributed by atoms with Crippen LogP contribution in [0.2, 0.25) is 0 Å². The molecule has 1 aliphatic heterocycles. The number of amides is 3. The smallest absolute Gasteiger partial charge is 0.274 e. The van der Waals surface area contributed by atoms with E-state index in [1.165, 1.54) is 24.7 Å². The van der Waals surface area contributed by atoms with Gasteiger partial charge >= 0.3 is 0 Å². The molecule has 1 aromatic rings. The molecule has 0 spiro atoms. The van der Waals surface area contributed by atoms with Crippen LogP contribution in [0.4, 0.5) is 0 Å². The predicted molar refractivity (Wildman–Crippen MR) is 124 cm³/mol. The maximum atomic E-state index is 13.7. The minimum absolute atomic E-state index is 0.0506. The number of carbonyl (C=O) groups excluding carboxylic acids is 3. The summed E-state index contributed by atoms with van der Waals surface area (Å²) in [6, 6.07) is 0.241. The van der Waals surface area contributed by atoms with Crippen molar-refractivity contribution in [1.29, 1.82) is 0 Å². The molecule has 3 amide bonds. The summed E-state index contributed by atoms with van der Waals surface area (Å²) in [7, 11) is 0. The van der Waals surface area contributed by atoms with Gasteiger partial charge in [0.05, 0.1) is 12.9 Å². The number of hydrogen-bond acceptors (Lipinski definition) is 4. The summed E-state index contributed by atoms with van der Waals surface area (Å²) in [5, 5.41) is 6.14. The van der Waals surface area contributed by atoms with Crippen LogP contribution in [0.5, 0.6) is 0 Å². The Balaban J connectivity index is 1.32. The average Bonchev–Trinajstić information content (AvgIpc) is 3.31. The van der Waals surface area contributed by atoms with Crippen LogP contribution in [-0.2, 0) is 11.3 Å². The zero-order valence-corrected chi connectivity index (χ0v) is 19.6. The largest absolute Gasteiger partial charge is 0.351 e. The normalized spacial score (nSPS) is 25.5. The average molecular weight is 454 g/mol. The first-order valence-corrected chi connectivity index (χ1v) is 12.6. The predicted octanol–water partition coefficient (Wildman–Crippen LogP) is 2.94. The highest BCUT2D eigenvalue weighted by atomic mass is 16.2. The highest BCUT2D eigenvalue weighted by Crippen LogP contribution is 2.39. The van der Waals surface area contributed by atoms with Gasteiger partial charge in [0.25, 0.3) is 11.8 Å². The van der Waals surface area contributed by atoms with Gasteiger partial charge in [0, 0.05) is 18.6 Å². The van der Waals surface area contributed by atoms with Gasteiger partial charge in [-0.25, -0.2) is 4.98 Å². The van der Waals surface area contributed by atoms with E-state index in [2.05, 4.69) is 21.7 Å². The first kappa shape index (κ1) is 22.2. The van der Waals surface area contributed by atoms with Crippen molar-refractivity contribution in [3.8, 4) is 0 Å². The fourth-order valence-electron chi connectivity index (χ4n) is 5.68. The summed E-state index contributed by atoms with van der Waals surface area (Å²) >= 11 is 0. The second-order valence-electron chi connectivity index (χ2n) is 10.3. The Kier molecular flexibility index (Phi) is 6.01. The first-order valence-electron chi connectivity index (χ1n) is 12.6. The molecule has 0 aromatic carbocycles. The molecular formula is C25H35N5O3. The number of hydrogen-bond donors (Lipinski definition) is 2. The zero-order chi connectivity index (χ0) is 23.0. The highest BCUT2D eigenvalue weighted by molar-refractivity contribution is 6.07. The summed E-state index contributed by atoms with van der Waals surface area (Å²) < 4.78 is 1.70. The number of allylic oxidation sites excluding steroid dienone is 1. The van der Waals surface area contributed by atoms with E-state index in [-0.39, 0.29) is 35.5 Å². The van der Waals surface area contributed by atoms with Crippen molar-refractivity contribution in [1.82, 2.24) is 25.1 Å². The Bertz CT molecular complexity index is 973. The van der Waals surface area contributed by atoms with E-state index in [0.29, 0.717) is 18.8 Å². The number of carbonyl (C=O) groups is 3. The Morgan fingerprint density at radius 1 is 1.15 bits per heavy atom. The van der Waals surface area contributed by atoms with Gasteiger partial charge in [-0.1, -0.05) is 24.5 Å². The highest BCUT2D eigenvalue weighted by Gasteiger charge is 2.54. The minimum Gasteiger partial charge on any atom is -0.351 e. The number of nitrogens with zero attached hydrogens (tertiary/aromatic N) is 3. The van der Waals surface area contributed by atoms with Crippen molar-refractivity contribution in [2.45, 2.75) is 102 Å². The molecule has 2 saturated carbocycles. The summed E-state index contributed by atoms with van der Waals surface area (Å²) in [5.41, 5.74) is 0.896. The van der Waals surface area contributed by atoms with E-state index in [0.717, 1.165) is 57.8 Å². The molecule has 2 N–H and O–H groups in total. The van der Waals surface area contributed by atoms with E-state index >= 15 is 0 Å². The van der Waals surface area contributed by atoms with Gasteiger partial charge in [0.15, 0.2) is 5.69 Å². The summed E-state index contributed by atoms with van der Waals surface area (Å²) in [5.74, 6) is -0.672. The maximum absolute atomic E-state index is 13.7. The van der Waals surface area contributed by atoms with Gasteiger partial charge in [-0.05, 0) is 64.7 Å². The Morgan fingerprint density at radius 3 is 2.64 bits per heavy atom. The molecule has 2 heterocycles. The van der Waals surface area contributed by atoms with Crippen molar-refractivity contribution >= 4 is 17.7 Å². The number of imidazole rings is 1. The standard InChI is InChI=1S/C25H35N5O3/c1-25(24(33)28-18-9-5-6-10-18)15-29-16-27-20(21(29)23(32)30(25)19-11-12-19)22(31)26-14-13-17-7-3-2-4-8-17/h7,16,18-19H,2-6,8-15H2,1H3,(H,26,31)(H,28,33)/t25-/m1/s1. The third kappa shape index (κ3) is 4.32. The molecule has 3 aliphatic carbocycles. The number of rotatable bonds is 7. The van der Waals surface area contributed by atoms with Crippen LogP contribution in [0, 0.1) is 0 Å². The third-order valence-electron chi connectivity index (χ3n) is 7.69. The maximum Gasteiger partial charge on any atom is 0.274 e. The first-order chi connectivity index (χ1) is 16.0. The van der Waals surface area contributed by atoms with E-state index in [1.807, 2.05) is 6.92 Å². The lowest BCUT2D eigenvalue weighted by atomic mass is 9.93. The quantitative estimate of drug-likeness (QED) is 0.621. The molecule has 8 heteroatoms. The lowest BCUT2D eigenvalue weighted by molar-refractivity contribution is -0.134. The Hall–Kier alpha value is -2.64. The molecule has 178 valence electrons. The molecule has 1 atom stereocenters. The third-order valence-corrected chi connectivity index (χ3v) is 7.69. The molecule has 0 radical (unpaired) electrons. The van der Waals surface area contributed by atoms with Gasteiger partial charge in [0.2, 0.25) is 5.91 Å². The molecule has 0 bridgehead atoms. The Morgan fingerprint density at radius 2 is 1.94 bits per heavy atom. The van der Waals surface area contributed by atoms with Gasteiger partial charge in [-0.2, -0.15) is 0 Å². The van der Waals surface area contributed by atoms with Crippen molar-refractivity contribution in [2.24, 2.45) is 0 Å². The minimum atomic E-state index is -0.976. The van der Waals surface area contributed by atoms with Crippen LogP contribution in [0.15, 0.2) is 18.0 Å². The van der Waals surface area contributed by atoms with Crippen LogP contribution in [0.25, 0.3) is 0 Å². The summed E-state index contributed by atoms with van der Waals surface area (Å²) in [4.78, 5) is 46.0. The molecule has 5 rings (SSSR count). The van der Waals surface area contributed by atoms with Crippen molar-refractivity contribution in [3.05, 3.63) is 29.4 Å². The SMILES string of the molecule is C[C@]1(C(=O)NC2CCCC2)Cn2cnc(C(=O)NCCC3=CCCCC3)c2C(=O)N1C1CC1. The zero-order valence-electron chi connectivity index (χ0n) is 19.6. The topological polar surface area (TPSA) is 96.3 Å². The molecule has 1 aromatic heterocycles. The van der Waals surface area contributed by atoms with E-state index in [1.54, 1.807) is 9.47 Å². The van der Waals surface area contributed by atoms with Crippen LogP contribution in [0.3, 0.4) is 0 Å². The van der Waals surface area contributed by atoms with Crippen molar-refractivity contribution in [2.75, 3.05) is 6.54 Å². The van der Waals surface area contributed by atoms with Gasteiger partial charge < -0.3 is 20.1 Å². The van der Waals surface area contributed by atoms with Crippen LogP contribution in [-0.4, -0.2) is 56.3 Å². The van der Waals surface area contributed by atoms with E-state index in [4.69, 9.17) is 0 Å². The van der Waals surface area contributed by atoms with Crippen LogP contribution >= 0.6 is 0 Å². The molecule has 8 nitrogen and oxygen atoms in total. The van der Waals surface area contributed by atoms with Crippen molar-refractivity contribution in [3.63, 3.8) is 0 Å². The van der Waals surface area contributed by atoms with Gasteiger partial charge in [0.1, 0.15) is 11.2 Å². The van der Waals surface area contributed by atoms with Crippen LogP contribution in [0.1, 0.15) is 98.5 Å². The Labute approximate surface area is 195 Å². The summed E-state index contributed by atoms with van der Waals surface area (Å²) in [6.07, 6.45) is 15.4. The van der Waals surface area contributed by atoms with E-state index in [9.17, 15) is 14.4 Å². The fourth-order valence-corrected chi connectivity index (χ4v) is 5.68. The van der Waals surface area contributed by atoms with Crippen LogP contribution < -0.4 is 10.6 Å². The lowest BCUT2D eigenvalue weighted by Gasteiger charge is -2.44. The molecular weight excluding hydrogens is 418 g/mol. The van der Waals surface area contributed by atoms with Gasteiger partial charge in [-0.3, -0.25) is 14.4 Å². The monoisotopic (exact) mass is 453 g/mol. The summed E-state index contributed by atoms with van der Waals surface area (Å²) in [6.45, 7) is 2.71. The fraction of sp³-hybridized carbons (Fsp3) is 0.680. The lowest BCUT2D eigenvalue weighted by Crippen LogP contribution is -2.65. The van der Waals surface area contributed by atoms with Crippen molar-refractivity contribution < 1.29 is 14.4 Å². The number of aromatic nitrogens is 2. The second-order valence-corrected chi connectivity index (χ2v) is 10.3. The number of nitrogens with one attached hydrogen (secondary N) is 2. The second kappa shape index (κ2) is 8.95. The van der Waals surface area contributed by atoms with E-state index < -0.39 is 5.54 Å².